The van der Waals surface area contributed by atoms with E-state index in [1.54, 1.807) is 0 Å². The van der Waals surface area contributed by atoms with Gasteiger partial charge in [0.2, 0.25) is 6.79 Å². The van der Waals surface area contributed by atoms with Crippen LogP contribution in [0.2, 0.25) is 0 Å². The molecule has 1 N–H and O–H groups in total. The van der Waals surface area contributed by atoms with E-state index in [4.69, 9.17) is 9.47 Å². The van der Waals surface area contributed by atoms with Crippen molar-refractivity contribution >= 4 is 15.9 Å². The molecule has 1 aromatic carbocycles. The van der Waals surface area contributed by atoms with Gasteiger partial charge >= 0.3 is 0 Å². The van der Waals surface area contributed by atoms with Gasteiger partial charge in [0, 0.05) is 36.7 Å². The number of rotatable bonds is 5. The summed E-state index contributed by atoms with van der Waals surface area (Å²) in [6.07, 6.45) is 2.41. The highest BCUT2D eigenvalue weighted by atomic mass is 79.9. The first-order valence-electron chi connectivity index (χ1n) is 8.19. The van der Waals surface area contributed by atoms with Crippen molar-refractivity contribution in [3.63, 3.8) is 0 Å². The molecule has 3 rings (SSSR count). The summed E-state index contributed by atoms with van der Waals surface area (Å²) >= 11 is 3.75. The van der Waals surface area contributed by atoms with Crippen LogP contribution in [-0.4, -0.2) is 37.9 Å². The van der Waals surface area contributed by atoms with Crippen molar-refractivity contribution in [3.8, 4) is 11.5 Å². The molecule has 2 heterocycles. The molecule has 0 aliphatic carbocycles. The largest absolute Gasteiger partial charge is 0.454 e. The highest BCUT2D eigenvalue weighted by Crippen LogP contribution is 2.41. The molecule has 0 spiro atoms. The minimum absolute atomic E-state index is 0.329. The van der Waals surface area contributed by atoms with Crippen LogP contribution >= 0.6 is 15.9 Å². The number of fused-ring (bicyclic) bond motifs is 1. The molecule has 1 saturated heterocycles. The summed E-state index contributed by atoms with van der Waals surface area (Å²) in [7, 11) is 0. The van der Waals surface area contributed by atoms with Gasteiger partial charge in [-0.05, 0) is 36.5 Å². The summed E-state index contributed by atoms with van der Waals surface area (Å²) in [5.74, 6) is 2.44. The maximum atomic E-state index is 5.58. The highest BCUT2D eigenvalue weighted by Gasteiger charge is 2.26. The maximum absolute atomic E-state index is 5.58. The molecular weight excluding hydrogens is 344 g/mol. The van der Waals surface area contributed by atoms with Gasteiger partial charge in [-0.3, -0.25) is 4.90 Å². The molecule has 0 bridgehead atoms. The van der Waals surface area contributed by atoms with E-state index in [2.05, 4.69) is 52.1 Å². The number of nitrogens with zero attached hydrogens (tertiary/aromatic N) is 1. The van der Waals surface area contributed by atoms with Crippen molar-refractivity contribution in [2.24, 2.45) is 5.92 Å². The predicted molar refractivity (Wildman–Crippen MR) is 91.5 cm³/mol. The smallest absolute Gasteiger partial charge is 0.231 e. The number of halogens is 1. The second-order valence-corrected chi connectivity index (χ2v) is 7.35. The van der Waals surface area contributed by atoms with Crippen molar-refractivity contribution in [3.05, 3.63) is 22.2 Å². The Morgan fingerprint density at radius 1 is 1.14 bits per heavy atom. The van der Waals surface area contributed by atoms with Crippen molar-refractivity contribution in [1.29, 1.82) is 0 Å². The number of benzene rings is 1. The average molecular weight is 369 g/mol. The molecule has 1 aromatic rings. The molecule has 1 atom stereocenters. The number of piperazine rings is 1. The van der Waals surface area contributed by atoms with Crippen LogP contribution in [0.15, 0.2) is 16.6 Å². The zero-order valence-electron chi connectivity index (χ0n) is 13.4. The Bertz CT molecular complexity index is 516. The van der Waals surface area contributed by atoms with E-state index in [0.29, 0.717) is 12.8 Å². The van der Waals surface area contributed by atoms with Crippen LogP contribution in [0.4, 0.5) is 0 Å². The summed E-state index contributed by atoms with van der Waals surface area (Å²) in [6.45, 7) is 9.26. The van der Waals surface area contributed by atoms with E-state index < -0.39 is 0 Å². The van der Waals surface area contributed by atoms with Crippen LogP contribution in [0.3, 0.4) is 0 Å². The molecule has 0 amide bonds. The molecule has 0 unspecified atom stereocenters. The van der Waals surface area contributed by atoms with Gasteiger partial charge in [-0.15, -0.1) is 0 Å². The van der Waals surface area contributed by atoms with Gasteiger partial charge in [0.25, 0.3) is 0 Å². The van der Waals surface area contributed by atoms with Gasteiger partial charge in [0.1, 0.15) is 0 Å². The van der Waals surface area contributed by atoms with Crippen LogP contribution in [0.1, 0.15) is 38.3 Å². The minimum atomic E-state index is 0.329. The van der Waals surface area contributed by atoms with Crippen LogP contribution in [-0.2, 0) is 0 Å². The Hall–Kier alpha value is -0.780. The van der Waals surface area contributed by atoms with Crippen molar-refractivity contribution < 1.29 is 9.47 Å². The van der Waals surface area contributed by atoms with Gasteiger partial charge < -0.3 is 14.8 Å². The molecule has 2 aliphatic heterocycles. The first-order valence-corrected chi connectivity index (χ1v) is 8.98. The second kappa shape index (κ2) is 7.20. The van der Waals surface area contributed by atoms with Gasteiger partial charge in [0.15, 0.2) is 11.5 Å². The highest BCUT2D eigenvalue weighted by molar-refractivity contribution is 9.10. The summed E-state index contributed by atoms with van der Waals surface area (Å²) in [5, 5.41) is 3.44. The second-order valence-electron chi connectivity index (χ2n) is 6.50. The third kappa shape index (κ3) is 3.58. The fourth-order valence-corrected chi connectivity index (χ4v) is 3.79. The van der Waals surface area contributed by atoms with Crippen LogP contribution in [0.5, 0.6) is 11.5 Å². The quantitative estimate of drug-likeness (QED) is 0.861. The lowest BCUT2D eigenvalue weighted by atomic mass is 9.95. The Balaban J connectivity index is 1.87. The molecule has 0 saturated carbocycles. The Kier molecular flexibility index (Phi) is 5.26. The Labute approximate surface area is 141 Å². The summed E-state index contributed by atoms with van der Waals surface area (Å²) < 4.78 is 12.2. The molecule has 1 fully saturated rings. The normalized spacial score (nSPS) is 19.6. The predicted octanol–water partition coefficient (Wildman–Crippen LogP) is 3.56. The zero-order valence-corrected chi connectivity index (χ0v) is 15.0. The number of nitrogens with one attached hydrogen (secondary N) is 1. The zero-order chi connectivity index (χ0) is 15.5. The SMILES string of the molecule is CC(C)CC[C@H](c1cc2c(cc1Br)OCO2)N1CCNCC1. The van der Waals surface area contributed by atoms with Gasteiger partial charge in [-0.2, -0.15) is 0 Å². The lowest BCUT2D eigenvalue weighted by molar-refractivity contribution is 0.158. The molecule has 2 aliphatic rings. The van der Waals surface area contributed by atoms with Crippen LogP contribution in [0, 0.1) is 5.92 Å². The Morgan fingerprint density at radius 3 is 2.50 bits per heavy atom. The number of hydrogen-bond acceptors (Lipinski definition) is 4. The van der Waals surface area contributed by atoms with Gasteiger partial charge in [-0.1, -0.05) is 29.8 Å². The van der Waals surface area contributed by atoms with Gasteiger partial charge in [-0.25, -0.2) is 0 Å². The Morgan fingerprint density at radius 2 is 1.82 bits per heavy atom. The molecule has 22 heavy (non-hydrogen) atoms. The summed E-state index contributed by atoms with van der Waals surface area (Å²) in [6, 6.07) is 4.66. The van der Waals surface area contributed by atoms with E-state index in [9.17, 15) is 0 Å². The number of ether oxygens (including phenoxy) is 2. The first kappa shape index (κ1) is 16.1. The molecule has 5 heteroatoms. The fourth-order valence-electron chi connectivity index (χ4n) is 3.21. The van der Waals surface area contributed by atoms with Crippen LogP contribution in [0.25, 0.3) is 0 Å². The lowest BCUT2D eigenvalue weighted by Gasteiger charge is -2.36. The minimum Gasteiger partial charge on any atom is -0.454 e. The fraction of sp³-hybridized carbons (Fsp3) is 0.647. The lowest BCUT2D eigenvalue weighted by Crippen LogP contribution is -2.45. The maximum Gasteiger partial charge on any atom is 0.231 e. The molecule has 0 aromatic heterocycles. The van der Waals surface area contributed by atoms with Crippen molar-refractivity contribution in [2.75, 3.05) is 33.0 Å². The monoisotopic (exact) mass is 368 g/mol. The molecular formula is C17H25BrN2O2. The van der Waals surface area contributed by atoms with E-state index >= 15 is 0 Å². The topological polar surface area (TPSA) is 33.7 Å². The summed E-state index contributed by atoms with van der Waals surface area (Å²) in [4.78, 5) is 2.60. The van der Waals surface area contributed by atoms with Crippen molar-refractivity contribution in [2.45, 2.75) is 32.7 Å². The molecule has 0 radical (unpaired) electrons. The van der Waals surface area contributed by atoms with E-state index in [1.165, 1.54) is 18.4 Å². The standard InChI is InChI=1S/C17H25BrN2O2/c1-12(2)3-4-15(20-7-5-19-6-8-20)13-9-16-17(10-14(13)18)22-11-21-16/h9-10,12,15,19H,3-8,11H2,1-2H3/t15-/m1/s1. The third-order valence-corrected chi connectivity index (χ3v) is 5.15. The number of hydrogen-bond donors (Lipinski definition) is 1. The summed E-state index contributed by atoms with van der Waals surface area (Å²) in [5.41, 5.74) is 1.33. The van der Waals surface area contributed by atoms with Crippen molar-refractivity contribution in [1.82, 2.24) is 10.2 Å². The van der Waals surface area contributed by atoms with Gasteiger partial charge in [0.05, 0.1) is 0 Å². The molecule has 4 nitrogen and oxygen atoms in total. The van der Waals surface area contributed by atoms with E-state index in [0.717, 1.165) is 48.1 Å². The van der Waals surface area contributed by atoms with Crippen LogP contribution < -0.4 is 14.8 Å². The van der Waals surface area contributed by atoms with E-state index in [1.807, 2.05) is 0 Å². The first-order chi connectivity index (χ1) is 10.6. The average Bonchev–Trinajstić information content (AvgIpc) is 2.95. The third-order valence-electron chi connectivity index (χ3n) is 4.46. The van der Waals surface area contributed by atoms with E-state index in [-0.39, 0.29) is 0 Å². The molecule has 122 valence electrons.